The van der Waals surface area contributed by atoms with Crippen LogP contribution in [0.5, 0.6) is 0 Å². The molecular weight excluding hydrogens is 212 g/mol. The highest BCUT2D eigenvalue weighted by Crippen LogP contribution is 2.19. The van der Waals surface area contributed by atoms with Gasteiger partial charge in [0, 0.05) is 17.7 Å². The van der Waals surface area contributed by atoms with E-state index in [0.717, 1.165) is 0 Å². The summed E-state index contributed by atoms with van der Waals surface area (Å²) in [6.07, 6.45) is 2.51. The molecule has 0 spiro atoms. The molecule has 0 aliphatic carbocycles. The molecule has 2 nitrogen and oxygen atoms in total. The summed E-state index contributed by atoms with van der Waals surface area (Å²) in [6.45, 7) is 12.5. The van der Waals surface area contributed by atoms with Crippen LogP contribution in [0.1, 0.15) is 20.8 Å². The first-order valence-electron chi connectivity index (χ1n) is 4.75. The molecule has 1 atom stereocenters. The largest absolute Gasteiger partial charge is 0.369 e. The van der Waals surface area contributed by atoms with Crippen LogP contribution in [0.2, 0.25) is 0 Å². The van der Waals surface area contributed by atoms with Crippen LogP contribution >= 0.6 is 11.6 Å². The van der Waals surface area contributed by atoms with E-state index in [1.54, 1.807) is 6.08 Å². The van der Waals surface area contributed by atoms with Crippen molar-refractivity contribution in [2.24, 2.45) is 0 Å². The Balaban J connectivity index is 0. The minimum Gasteiger partial charge on any atom is -0.369 e. The number of allylic oxidation sites excluding steroid dienone is 2. The van der Waals surface area contributed by atoms with Crippen molar-refractivity contribution in [1.29, 1.82) is 0 Å². The number of carbonyl (C=O) groups excluding carboxylic acids is 1. The third-order valence-electron chi connectivity index (χ3n) is 1.50. The zero-order chi connectivity index (χ0) is 12.4. The molecule has 3 heteroatoms. The predicted octanol–water partition coefficient (Wildman–Crippen LogP) is 3.48. The second-order valence-corrected chi connectivity index (χ2v) is 2.95. The molecule has 0 heterocycles. The molecule has 1 unspecified atom stereocenters. The molecule has 0 bridgehead atoms. The summed E-state index contributed by atoms with van der Waals surface area (Å²) in [5, 5.41) is 0.293. The summed E-state index contributed by atoms with van der Waals surface area (Å²) in [4.78, 5) is 11.1. The molecule has 0 N–H and O–H groups in total. The van der Waals surface area contributed by atoms with Gasteiger partial charge in [-0.3, -0.25) is 4.79 Å². The Labute approximate surface area is 97.3 Å². The fraction of sp³-hybridized carbons (Fsp3) is 0.417. The van der Waals surface area contributed by atoms with E-state index >= 15 is 0 Å². The second-order valence-electron chi connectivity index (χ2n) is 2.49. The molecule has 0 saturated carbocycles. The molecular formula is C12H19ClO2. The third kappa shape index (κ3) is 6.26. The Morgan fingerprint density at radius 1 is 1.47 bits per heavy atom. The van der Waals surface area contributed by atoms with Crippen molar-refractivity contribution in [3.8, 4) is 0 Å². The maximum atomic E-state index is 11.1. The predicted molar refractivity (Wildman–Crippen MR) is 66.1 cm³/mol. The number of hydrogen-bond acceptors (Lipinski definition) is 2. The number of carbonyl (C=O) groups is 1. The molecule has 0 saturated heterocycles. The van der Waals surface area contributed by atoms with Gasteiger partial charge in [-0.05, 0) is 6.92 Å². The van der Waals surface area contributed by atoms with Gasteiger partial charge < -0.3 is 4.74 Å². The van der Waals surface area contributed by atoms with Gasteiger partial charge in [-0.15, -0.1) is 0 Å². The lowest BCUT2D eigenvalue weighted by atomic mass is 10.1. The van der Waals surface area contributed by atoms with Crippen LogP contribution in [0.3, 0.4) is 0 Å². The first-order chi connectivity index (χ1) is 7.04. The van der Waals surface area contributed by atoms with Crippen molar-refractivity contribution in [2.45, 2.75) is 26.9 Å². The smallest absolute Gasteiger partial charge is 0.163 e. The molecule has 86 valence electrons. The minimum absolute atomic E-state index is 0.114. The summed E-state index contributed by atoms with van der Waals surface area (Å²) in [7, 11) is 1.45. The summed E-state index contributed by atoms with van der Waals surface area (Å²) < 4.78 is 4.98. The zero-order valence-electron chi connectivity index (χ0n) is 9.84. The molecule has 0 aromatic carbocycles. The van der Waals surface area contributed by atoms with Crippen molar-refractivity contribution >= 4 is 17.4 Å². The molecule has 0 amide bonds. The monoisotopic (exact) mass is 230 g/mol. The highest BCUT2D eigenvalue weighted by molar-refractivity contribution is 6.32. The van der Waals surface area contributed by atoms with Crippen molar-refractivity contribution in [1.82, 2.24) is 0 Å². The lowest BCUT2D eigenvalue weighted by Crippen LogP contribution is -2.22. The van der Waals surface area contributed by atoms with E-state index in [1.807, 2.05) is 13.8 Å². The topological polar surface area (TPSA) is 26.3 Å². The van der Waals surface area contributed by atoms with Crippen LogP contribution in [0, 0.1) is 0 Å². The Morgan fingerprint density at radius 2 is 1.93 bits per heavy atom. The molecule has 15 heavy (non-hydrogen) atoms. The van der Waals surface area contributed by atoms with Gasteiger partial charge in [0.25, 0.3) is 0 Å². The van der Waals surface area contributed by atoms with Crippen molar-refractivity contribution in [2.75, 3.05) is 7.11 Å². The summed E-state index contributed by atoms with van der Waals surface area (Å²) in [5.74, 6) is -0.114. The molecule has 0 radical (unpaired) electrons. The molecule has 0 aliphatic rings. The second kappa shape index (κ2) is 9.69. The SMILES string of the molecule is C=C/C=C(\C(=C)Cl)C(OC)C(C)=O.CC. The average molecular weight is 231 g/mol. The van der Waals surface area contributed by atoms with Gasteiger partial charge in [-0.25, -0.2) is 0 Å². The van der Waals surface area contributed by atoms with E-state index in [1.165, 1.54) is 20.1 Å². The van der Waals surface area contributed by atoms with Gasteiger partial charge in [-0.1, -0.05) is 50.8 Å². The van der Waals surface area contributed by atoms with E-state index in [0.29, 0.717) is 10.6 Å². The van der Waals surface area contributed by atoms with Crippen LogP contribution < -0.4 is 0 Å². The Hall–Kier alpha value is -0.860. The molecule has 0 aliphatic heterocycles. The van der Waals surface area contributed by atoms with Crippen molar-refractivity contribution in [3.05, 3.63) is 35.9 Å². The molecule has 0 fully saturated rings. The van der Waals surface area contributed by atoms with Gasteiger partial charge in [0.05, 0.1) is 0 Å². The van der Waals surface area contributed by atoms with E-state index in [9.17, 15) is 4.79 Å². The molecule has 0 aromatic rings. The Morgan fingerprint density at radius 3 is 2.13 bits per heavy atom. The van der Waals surface area contributed by atoms with E-state index < -0.39 is 6.10 Å². The van der Waals surface area contributed by atoms with Gasteiger partial charge in [0.2, 0.25) is 0 Å². The number of methoxy groups -OCH3 is 1. The van der Waals surface area contributed by atoms with E-state index in [-0.39, 0.29) is 5.78 Å². The van der Waals surface area contributed by atoms with Crippen molar-refractivity contribution in [3.63, 3.8) is 0 Å². The van der Waals surface area contributed by atoms with Crippen LogP contribution in [-0.4, -0.2) is 19.0 Å². The first kappa shape index (κ1) is 16.6. The minimum atomic E-state index is -0.650. The zero-order valence-corrected chi connectivity index (χ0v) is 10.6. The lowest BCUT2D eigenvalue weighted by molar-refractivity contribution is -0.124. The maximum Gasteiger partial charge on any atom is 0.163 e. The van der Waals surface area contributed by atoms with E-state index in [4.69, 9.17) is 16.3 Å². The summed E-state index contributed by atoms with van der Waals surface area (Å²) in [6, 6.07) is 0. The summed E-state index contributed by atoms with van der Waals surface area (Å²) in [5.41, 5.74) is 0.548. The standard InChI is InChI=1S/C10H13ClO2.C2H6/c1-5-6-9(7(2)11)10(13-4)8(3)12;1-2/h5-6,10H,1-2H2,3-4H3;1-2H3/b9-6+;. The summed E-state index contributed by atoms with van der Waals surface area (Å²) >= 11 is 5.70. The lowest BCUT2D eigenvalue weighted by Gasteiger charge is -2.14. The fourth-order valence-electron chi connectivity index (χ4n) is 0.959. The van der Waals surface area contributed by atoms with Crippen LogP contribution in [0.15, 0.2) is 35.9 Å². The number of ether oxygens (including phenoxy) is 1. The number of rotatable bonds is 5. The fourth-order valence-corrected chi connectivity index (χ4v) is 1.12. The average Bonchev–Trinajstić information content (AvgIpc) is 2.20. The quantitative estimate of drug-likeness (QED) is 0.676. The normalized spacial score (nSPS) is 12.2. The Kier molecular flexibility index (Phi) is 10.7. The van der Waals surface area contributed by atoms with Crippen LogP contribution in [0.4, 0.5) is 0 Å². The number of Topliss-reactive ketones (excluding diaryl/α,β-unsaturated/α-hetero) is 1. The van der Waals surface area contributed by atoms with Crippen LogP contribution in [-0.2, 0) is 9.53 Å². The number of ketones is 1. The Bertz CT molecular complexity index is 254. The van der Waals surface area contributed by atoms with Gasteiger partial charge in [-0.2, -0.15) is 0 Å². The maximum absolute atomic E-state index is 11.1. The first-order valence-corrected chi connectivity index (χ1v) is 5.13. The number of halogens is 1. The molecule has 0 rings (SSSR count). The van der Waals surface area contributed by atoms with Gasteiger partial charge in [0.1, 0.15) is 6.10 Å². The highest BCUT2D eigenvalue weighted by atomic mass is 35.5. The van der Waals surface area contributed by atoms with Gasteiger partial charge >= 0.3 is 0 Å². The van der Waals surface area contributed by atoms with Crippen LogP contribution in [0.25, 0.3) is 0 Å². The number of hydrogen-bond donors (Lipinski definition) is 0. The van der Waals surface area contributed by atoms with E-state index in [2.05, 4.69) is 13.2 Å². The van der Waals surface area contributed by atoms with Crippen molar-refractivity contribution < 1.29 is 9.53 Å². The van der Waals surface area contributed by atoms with Gasteiger partial charge in [0.15, 0.2) is 5.78 Å². The third-order valence-corrected chi connectivity index (χ3v) is 1.72. The molecule has 0 aromatic heterocycles. The highest BCUT2D eigenvalue weighted by Gasteiger charge is 2.19.